The van der Waals surface area contributed by atoms with Crippen LogP contribution >= 0.6 is 35.3 Å². The Labute approximate surface area is 146 Å². The van der Waals surface area contributed by atoms with E-state index in [4.69, 9.17) is 17.3 Å². The summed E-state index contributed by atoms with van der Waals surface area (Å²) in [7, 11) is 0. The lowest BCUT2D eigenvalue weighted by molar-refractivity contribution is 0.232. The van der Waals surface area contributed by atoms with E-state index < -0.39 is 0 Å². The van der Waals surface area contributed by atoms with E-state index in [0.717, 1.165) is 11.6 Å². The van der Waals surface area contributed by atoms with Gasteiger partial charge in [0.15, 0.2) is 5.13 Å². The zero-order valence-electron chi connectivity index (χ0n) is 12.3. The summed E-state index contributed by atoms with van der Waals surface area (Å²) in [5.74, 6) is 0. The quantitative estimate of drug-likeness (QED) is 0.829. The summed E-state index contributed by atoms with van der Waals surface area (Å²) in [4.78, 5) is 5.31. The van der Waals surface area contributed by atoms with Crippen molar-refractivity contribution in [1.82, 2.24) is 10.3 Å². The number of nitrogen functional groups attached to an aromatic ring is 1. The van der Waals surface area contributed by atoms with Crippen LogP contribution in [0.5, 0.6) is 0 Å². The van der Waals surface area contributed by atoms with Crippen LogP contribution in [0.15, 0.2) is 30.5 Å². The average Bonchev–Trinajstić information content (AvgIpc) is 2.92. The van der Waals surface area contributed by atoms with E-state index in [0.29, 0.717) is 5.13 Å². The number of benzene rings is 1. The summed E-state index contributed by atoms with van der Waals surface area (Å²) in [6.45, 7) is 0.817. The first-order chi connectivity index (χ1) is 10.2. The number of anilines is 1. The third-order valence-corrected chi connectivity index (χ3v) is 5.35. The van der Waals surface area contributed by atoms with Gasteiger partial charge in [-0.05, 0) is 30.5 Å². The first-order valence-electron chi connectivity index (χ1n) is 7.39. The number of hydrogen-bond donors (Lipinski definition) is 2. The van der Waals surface area contributed by atoms with E-state index in [1.54, 1.807) is 11.3 Å². The highest BCUT2D eigenvalue weighted by atomic mass is 35.5. The van der Waals surface area contributed by atoms with Crippen LogP contribution in [-0.4, -0.2) is 4.98 Å². The fourth-order valence-corrected chi connectivity index (χ4v) is 3.90. The van der Waals surface area contributed by atoms with Crippen molar-refractivity contribution in [1.29, 1.82) is 0 Å². The molecule has 0 amide bonds. The third-order valence-electron chi connectivity index (χ3n) is 4.28. The highest BCUT2D eigenvalue weighted by Crippen LogP contribution is 2.38. The van der Waals surface area contributed by atoms with Crippen molar-refractivity contribution in [3.8, 4) is 0 Å². The molecule has 0 spiro atoms. The fraction of sp³-hybridized carbons (Fsp3) is 0.438. The van der Waals surface area contributed by atoms with Gasteiger partial charge in [-0.15, -0.1) is 23.7 Å². The predicted molar refractivity (Wildman–Crippen MR) is 96.8 cm³/mol. The zero-order chi connectivity index (χ0) is 14.7. The Kier molecular flexibility index (Phi) is 6.09. The lowest BCUT2D eigenvalue weighted by atomic mass is 9.76. The summed E-state index contributed by atoms with van der Waals surface area (Å²) in [6.07, 6.45) is 8.06. The van der Waals surface area contributed by atoms with Crippen LogP contribution in [0.1, 0.15) is 42.5 Å². The monoisotopic (exact) mass is 357 g/mol. The third kappa shape index (κ3) is 3.93. The fourth-order valence-electron chi connectivity index (χ4n) is 3.15. The summed E-state index contributed by atoms with van der Waals surface area (Å²) in [5.41, 5.74) is 7.11. The Morgan fingerprint density at radius 1 is 1.18 bits per heavy atom. The Balaban J connectivity index is 0.00000176. The Hall–Kier alpha value is -0.810. The van der Waals surface area contributed by atoms with Gasteiger partial charge in [-0.1, -0.05) is 43.0 Å². The van der Waals surface area contributed by atoms with Gasteiger partial charge in [0.2, 0.25) is 0 Å². The smallest absolute Gasteiger partial charge is 0.180 e. The Morgan fingerprint density at radius 3 is 2.45 bits per heavy atom. The molecule has 1 aliphatic rings. The molecule has 0 saturated heterocycles. The summed E-state index contributed by atoms with van der Waals surface area (Å²) >= 11 is 7.59. The van der Waals surface area contributed by atoms with E-state index in [1.165, 1.54) is 42.5 Å². The molecule has 2 aromatic rings. The average molecular weight is 358 g/mol. The van der Waals surface area contributed by atoms with E-state index >= 15 is 0 Å². The van der Waals surface area contributed by atoms with Gasteiger partial charge in [0.05, 0.1) is 0 Å². The number of thiazole rings is 1. The number of aromatic nitrogens is 1. The molecule has 0 aliphatic heterocycles. The lowest BCUT2D eigenvalue weighted by Crippen LogP contribution is -2.43. The number of rotatable bonds is 4. The molecule has 1 saturated carbocycles. The van der Waals surface area contributed by atoms with Crippen molar-refractivity contribution in [3.63, 3.8) is 0 Å². The minimum absolute atomic E-state index is 0. The number of hydrogen-bond acceptors (Lipinski definition) is 4. The second-order valence-corrected chi connectivity index (χ2v) is 7.25. The molecule has 1 fully saturated rings. The molecule has 1 aliphatic carbocycles. The van der Waals surface area contributed by atoms with E-state index in [2.05, 4.69) is 22.4 Å². The standard InChI is InChI=1S/C16H20ClN3S.ClH/c17-13-6-4-12(5-7-13)16(8-2-1-3-9-16)20-11-14-10-19-15(18)21-14;/h4-7,10,20H,1-3,8-9,11H2,(H2,18,19);1H. The maximum absolute atomic E-state index is 6.03. The Bertz CT molecular complexity index is 592. The van der Waals surface area contributed by atoms with Crippen molar-refractivity contribution >= 4 is 40.5 Å². The molecule has 3 N–H and O–H groups in total. The van der Waals surface area contributed by atoms with Gasteiger partial charge < -0.3 is 11.1 Å². The minimum Gasteiger partial charge on any atom is -0.375 e. The molecular formula is C16H21Cl2N3S. The van der Waals surface area contributed by atoms with Crippen LogP contribution in [0.3, 0.4) is 0 Å². The summed E-state index contributed by atoms with van der Waals surface area (Å²) < 4.78 is 0. The van der Waals surface area contributed by atoms with Gasteiger partial charge in [-0.25, -0.2) is 4.98 Å². The summed E-state index contributed by atoms with van der Waals surface area (Å²) in [6, 6.07) is 8.28. The minimum atomic E-state index is 0. The second-order valence-electron chi connectivity index (χ2n) is 5.67. The van der Waals surface area contributed by atoms with Crippen molar-refractivity contribution in [2.75, 3.05) is 5.73 Å². The van der Waals surface area contributed by atoms with Gasteiger partial charge >= 0.3 is 0 Å². The molecule has 1 aromatic carbocycles. The maximum Gasteiger partial charge on any atom is 0.180 e. The van der Waals surface area contributed by atoms with E-state index in [1.807, 2.05) is 18.3 Å². The number of halogens is 2. The number of nitrogens with two attached hydrogens (primary N) is 1. The molecule has 0 unspecified atom stereocenters. The van der Waals surface area contributed by atoms with Crippen LogP contribution in [0, 0.1) is 0 Å². The van der Waals surface area contributed by atoms with Crippen molar-refractivity contribution in [2.45, 2.75) is 44.2 Å². The van der Waals surface area contributed by atoms with Gasteiger partial charge in [0, 0.05) is 28.2 Å². The van der Waals surface area contributed by atoms with Crippen LogP contribution in [-0.2, 0) is 12.1 Å². The molecule has 0 bridgehead atoms. The SMILES string of the molecule is Cl.Nc1ncc(CNC2(c3ccc(Cl)cc3)CCCCC2)s1. The molecular weight excluding hydrogens is 337 g/mol. The molecule has 1 aromatic heterocycles. The van der Waals surface area contributed by atoms with E-state index in [9.17, 15) is 0 Å². The van der Waals surface area contributed by atoms with Gasteiger partial charge in [-0.3, -0.25) is 0 Å². The van der Waals surface area contributed by atoms with Crippen LogP contribution in [0.2, 0.25) is 5.02 Å². The van der Waals surface area contributed by atoms with Crippen molar-refractivity contribution < 1.29 is 0 Å². The lowest BCUT2D eigenvalue weighted by Gasteiger charge is -2.39. The molecule has 6 heteroatoms. The van der Waals surface area contributed by atoms with Crippen LogP contribution < -0.4 is 11.1 Å². The highest BCUT2D eigenvalue weighted by molar-refractivity contribution is 7.15. The largest absolute Gasteiger partial charge is 0.375 e. The van der Waals surface area contributed by atoms with Gasteiger partial charge in [0.1, 0.15) is 0 Å². The van der Waals surface area contributed by atoms with Crippen molar-refractivity contribution in [3.05, 3.63) is 45.9 Å². The molecule has 1 heterocycles. The zero-order valence-corrected chi connectivity index (χ0v) is 14.7. The topological polar surface area (TPSA) is 50.9 Å². The first kappa shape index (κ1) is 17.5. The summed E-state index contributed by atoms with van der Waals surface area (Å²) in [5, 5.41) is 5.20. The normalized spacial score (nSPS) is 17.0. The van der Waals surface area contributed by atoms with E-state index in [-0.39, 0.29) is 17.9 Å². The molecule has 22 heavy (non-hydrogen) atoms. The molecule has 3 rings (SSSR count). The molecule has 3 nitrogen and oxygen atoms in total. The molecule has 0 radical (unpaired) electrons. The number of nitrogens with zero attached hydrogens (tertiary/aromatic N) is 1. The first-order valence-corrected chi connectivity index (χ1v) is 8.59. The predicted octanol–water partition coefficient (Wildman–Crippen LogP) is 4.75. The Morgan fingerprint density at radius 2 is 1.86 bits per heavy atom. The van der Waals surface area contributed by atoms with Crippen LogP contribution in [0.4, 0.5) is 5.13 Å². The van der Waals surface area contributed by atoms with Gasteiger partial charge in [-0.2, -0.15) is 0 Å². The highest BCUT2D eigenvalue weighted by Gasteiger charge is 2.33. The molecule has 120 valence electrons. The second kappa shape index (κ2) is 7.64. The molecule has 0 atom stereocenters. The number of nitrogens with one attached hydrogen (secondary N) is 1. The van der Waals surface area contributed by atoms with Gasteiger partial charge in [0.25, 0.3) is 0 Å². The van der Waals surface area contributed by atoms with Crippen LogP contribution in [0.25, 0.3) is 0 Å². The maximum atomic E-state index is 6.03. The van der Waals surface area contributed by atoms with Crippen molar-refractivity contribution in [2.24, 2.45) is 0 Å².